The van der Waals surface area contributed by atoms with Gasteiger partial charge in [0.15, 0.2) is 0 Å². The summed E-state index contributed by atoms with van der Waals surface area (Å²) in [7, 11) is -0.990. The molecule has 0 rings (SSSR count). The highest BCUT2D eigenvalue weighted by Gasteiger charge is 2.35. The van der Waals surface area contributed by atoms with Crippen molar-refractivity contribution in [3.8, 4) is 0 Å². The lowest BCUT2D eigenvalue weighted by atomic mass is 10.1. The minimum absolute atomic E-state index is 0.990. The van der Waals surface area contributed by atoms with E-state index >= 15 is 0 Å². The van der Waals surface area contributed by atoms with Crippen LogP contribution in [0.2, 0.25) is 0 Å². The van der Waals surface area contributed by atoms with Gasteiger partial charge in [-0.1, -0.05) is 163 Å². The minimum Gasteiger partial charge on any atom is -0.192 e. The molecule has 0 aliphatic carbocycles. The van der Waals surface area contributed by atoms with E-state index in [1.807, 2.05) is 0 Å². The third-order valence-corrected chi connectivity index (χ3v) is 13.2. The Morgan fingerprint density at radius 1 is 0.289 bits per heavy atom. The molecule has 2 heteroatoms. The maximum absolute atomic E-state index is 4.38. The normalized spacial score (nSPS) is 12.0. The molecule has 38 heavy (non-hydrogen) atoms. The molecule has 0 spiro atoms. The molecule has 0 unspecified atom stereocenters. The van der Waals surface area contributed by atoms with Gasteiger partial charge in [0.05, 0.1) is 25.9 Å². The van der Waals surface area contributed by atoms with E-state index in [1.54, 1.807) is 18.5 Å². The maximum Gasteiger partial charge on any atom is 0.0799 e. The van der Waals surface area contributed by atoms with Crippen LogP contribution in [-0.2, 0) is 0 Å². The van der Waals surface area contributed by atoms with Crippen molar-refractivity contribution in [2.75, 3.05) is 25.0 Å². The second-order valence-corrected chi connectivity index (χ2v) is 16.7. The van der Waals surface area contributed by atoms with Crippen LogP contribution < -0.4 is 5.09 Å². The maximum atomic E-state index is 4.38. The Bertz CT molecular complexity index is 383. The van der Waals surface area contributed by atoms with Gasteiger partial charge >= 0.3 is 0 Å². The summed E-state index contributed by atoms with van der Waals surface area (Å²) in [6.45, 7) is 10.7. The van der Waals surface area contributed by atoms with E-state index < -0.39 is 7.41 Å². The minimum atomic E-state index is -0.990. The van der Waals surface area contributed by atoms with Crippen LogP contribution in [0.5, 0.6) is 0 Å². The first kappa shape index (κ1) is 38.4. The number of unbranched alkanes of at least 4 members (excludes halogenated alkanes) is 24. The van der Waals surface area contributed by atoms with E-state index in [0.717, 1.165) is 0 Å². The van der Waals surface area contributed by atoms with Crippen molar-refractivity contribution in [2.45, 2.75) is 207 Å². The van der Waals surface area contributed by atoms with Crippen molar-refractivity contribution in [3.63, 3.8) is 0 Å². The van der Waals surface area contributed by atoms with Crippen LogP contribution in [0.3, 0.4) is 0 Å². The molecule has 0 saturated carbocycles. The monoisotopic (exact) mass is 555 g/mol. The van der Waals surface area contributed by atoms with Crippen LogP contribution in [0.1, 0.15) is 207 Å². The molecule has 0 aliphatic rings. The molecule has 0 radical (unpaired) electrons. The third-order valence-electron chi connectivity index (χ3n) is 8.80. The third kappa shape index (κ3) is 26.6. The molecule has 0 aromatic rings. The highest BCUT2D eigenvalue weighted by molar-refractivity contribution is 7.74. The zero-order chi connectivity index (χ0) is 27.8. The SMILES string of the molecule is CCCCCCCCCCCCN[P+](CCCCCCCC)(CCCCCCCC)CCCCCCCC. The standard InChI is InChI=1S/C36H77NP/c1-5-9-13-17-21-22-23-24-25-29-33-37-38(34-30-26-18-14-10-6-2,35-31-27-19-15-11-7-3)36-32-28-20-16-12-8-4/h37H,5-36H2,1-4H3/q+1. The highest BCUT2D eigenvalue weighted by atomic mass is 31.2. The summed E-state index contributed by atoms with van der Waals surface area (Å²) in [5.74, 6) is 0. The summed E-state index contributed by atoms with van der Waals surface area (Å²) in [5.41, 5.74) is 0. The van der Waals surface area contributed by atoms with Crippen molar-refractivity contribution in [1.82, 2.24) is 5.09 Å². The summed E-state index contributed by atoms with van der Waals surface area (Å²) in [6, 6.07) is 0. The van der Waals surface area contributed by atoms with Gasteiger partial charge in [0.1, 0.15) is 0 Å². The largest absolute Gasteiger partial charge is 0.192 e. The lowest BCUT2D eigenvalue weighted by Crippen LogP contribution is -2.25. The Hall–Kier alpha value is 0.390. The van der Waals surface area contributed by atoms with Crippen LogP contribution in [0.15, 0.2) is 0 Å². The fourth-order valence-electron chi connectivity index (χ4n) is 6.09. The Morgan fingerprint density at radius 2 is 0.526 bits per heavy atom. The first-order chi connectivity index (χ1) is 18.7. The van der Waals surface area contributed by atoms with Gasteiger partial charge in [-0.25, -0.2) is 0 Å². The second-order valence-electron chi connectivity index (χ2n) is 12.7. The van der Waals surface area contributed by atoms with Crippen molar-refractivity contribution in [1.29, 1.82) is 0 Å². The summed E-state index contributed by atoms with van der Waals surface area (Å²) >= 11 is 0. The molecular weight excluding hydrogens is 477 g/mol. The van der Waals surface area contributed by atoms with Crippen molar-refractivity contribution < 1.29 is 0 Å². The summed E-state index contributed by atoms with van der Waals surface area (Å²) in [6.07, 6.45) is 45.3. The Labute approximate surface area is 244 Å². The number of hydrogen-bond donors (Lipinski definition) is 1. The molecule has 0 saturated heterocycles. The first-order valence-corrected chi connectivity index (χ1v) is 20.7. The smallest absolute Gasteiger partial charge is 0.0799 e. The number of rotatable bonds is 33. The molecule has 0 amide bonds. The second kappa shape index (κ2) is 31.9. The summed E-state index contributed by atoms with van der Waals surface area (Å²) in [5, 5.41) is 4.38. The molecule has 0 heterocycles. The van der Waals surface area contributed by atoms with E-state index in [2.05, 4.69) is 32.8 Å². The highest BCUT2D eigenvalue weighted by Crippen LogP contribution is 2.57. The van der Waals surface area contributed by atoms with Gasteiger partial charge in [0, 0.05) is 6.54 Å². The van der Waals surface area contributed by atoms with Crippen molar-refractivity contribution in [3.05, 3.63) is 0 Å². The van der Waals surface area contributed by atoms with Gasteiger partial charge in [-0.05, 0) is 44.9 Å². The molecule has 0 aliphatic heterocycles. The van der Waals surface area contributed by atoms with Crippen LogP contribution >= 0.6 is 7.41 Å². The van der Waals surface area contributed by atoms with E-state index in [9.17, 15) is 0 Å². The molecule has 230 valence electrons. The zero-order valence-electron chi connectivity index (χ0n) is 27.6. The molecule has 0 atom stereocenters. The predicted octanol–water partition coefficient (Wildman–Crippen LogP) is 13.5. The number of hydrogen-bond acceptors (Lipinski definition) is 1. The summed E-state index contributed by atoms with van der Waals surface area (Å²) < 4.78 is 0. The van der Waals surface area contributed by atoms with Crippen LogP contribution in [0.25, 0.3) is 0 Å². The van der Waals surface area contributed by atoms with Gasteiger partial charge in [-0.3, -0.25) is 0 Å². The topological polar surface area (TPSA) is 12.0 Å². The molecule has 1 N–H and O–H groups in total. The fraction of sp³-hybridized carbons (Fsp3) is 1.00. The average Bonchev–Trinajstić information content (AvgIpc) is 2.93. The molecule has 0 bridgehead atoms. The van der Waals surface area contributed by atoms with Crippen molar-refractivity contribution in [2.24, 2.45) is 0 Å². The lowest BCUT2D eigenvalue weighted by molar-refractivity contribution is 0.555. The van der Waals surface area contributed by atoms with Gasteiger partial charge in [0.2, 0.25) is 0 Å². The Balaban J connectivity index is 4.66. The van der Waals surface area contributed by atoms with Crippen LogP contribution in [0.4, 0.5) is 0 Å². The van der Waals surface area contributed by atoms with E-state index in [4.69, 9.17) is 0 Å². The lowest BCUT2D eigenvalue weighted by Gasteiger charge is -2.29. The molecule has 0 aromatic carbocycles. The van der Waals surface area contributed by atoms with Gasteiger partial charge in [-0.15, -0.1) is 0 Å². The summed E-state index contributed by atoms with van der Waals surface area (Å²) in [4.78, 5) is 0. The van der Waals surface area contributed by atoms with Crippen LogP contribution in [0, 0.1) is 0 Å². The molecule has 0 aromatic heterocycles. The van der Waals surface area contributed by atoms with Crippen LogP contribution in [-0.4, -0.2) is 25.0 Å². The van der Waals surface area contributed by atoms with Gasteiger partial charge < -0.3 is 0 Å². The van der Waals surface area contributed by atoms with E-state index in [-0.39, 0.29) is 0 Å². The average molecular weight is 555 g/mol. The molecular formula is C36H77NP+. The van der Waals surface area contributed by atoms with Crippen molar-refractivity contribution >= 4 is 7.41 Å². The number of nitrogens with one attached hydrogen (secondary N) is 1. The van der Waals surface area contributed by atoms with E-state index in [0.29, 0.717) is 0 Å². The first-order valence-electron chi connectivity index (χ1n) is 18.4. The Kier molecular flexibility index (Phi) is 32.2. The molecule has 0 fully saturated rings. The Morgan fingerprint density at radius 3 is 0.816 bits per heavy atom. The predicted molar refractivity (Wildman–Crippen MR) is 181 cm³/mol. The van der Waals surface area contributed by atoms with Gasteiger partial charge in [0.25, 0.3) is 0 Å². The fourth-order valence-corrected chi connectivity index (χ4v) is 10.4. The zero-order valence-corrected chi connectivity index (χ0v) is 28.5. The van der Waals surface area contributed by atoms with Gasteiger partial charge in [-0.2, -0.15) is 5.09 Å². The van der Waals surface area contributed by atoms with E-state index in [1.165, 1.54) is 186 Å². The molecule has 1 nitrogen and oxygen atoms in total. The quantitative estimate of drug-likeness (QED) is 0.0628.